The average molecular weight is 523 g/mol. The van der Waals surface area contributed by atoms with Gasteiger partial charge in [0.2, 0.25) is 11.8 Å². The summed E-state index contributed by atoms with van der Waals surface area (Å²) >= 11 is 1.51. The van der Waals surface area contributed by atoms with Crippen molar-refractivity contribution in [1.29, 1.82) is 0 Å². The number of benzene rings is 2. The number of ether oxygens (including phenoxy) is 3. The fraction of sp³-hybridized carbons (Fsp3) is 0.379. The first-order valence-electron chi connectivity index (χ1n) is 12.5. The molecule has 1 aliphatic rings. The maximum Gasteiger partial charge on any atom is 0.248 e. The summed E-state index contributed by atoms with van der Waals surface area (Å²) in [6.07, 6.45) is 5.39. The fourth-order valence-electron chi connectivity index (χ4n) is 4.77. The minimum absolute atomic E-state index is 0.0865. The van der Waals surface area contributed by atoms with Gasteiger partial charge in [-0.3, -0.25) is 14.5 Å². The van der Waals surface area contributed by atoms with Crippen molar-refractivity contribution in [2.75, 3.05) is 26.2 Å². The molecule has 0 spiro atoms. The van der Waals surface area contributed by atoms with Crippen LogP contribution in [0.5, 0.6) is 17.2 Å². The summed E-state index contributed by atoms with van der Waals surface area (Å²) < 4.78 is 16.5. The zero-order valence-electron chi connectivity index (χ0n) is 21.6. The van der Waals surface area contributed by atoms with E-state index in [4.69, 9.17) is 14.2 Å². The number of methoxy groups -OCH3 is 3. The van der Waals surface area contributed by atoms with Crippen LogP contribution in [0.25, 0.3) is 0 Å². The standard InChI is InChI=1S/C29H34N2O5S/c1-34-23-12-7-9-20(15-23)28(29(33)30-21-10-5-4-6-11-21)31(27(32)19-26-13-8-14-37-26)22-16-24(35-2)18-25(17-22)36-3/h7-9,12-18,21,28H,4-6,10-11,19H2,1-3H3,(H,30,33). The van der Waals surface area contributed by atoms with Crippen LogP contribution in [0.3, 0.4) is 0 Å². The van der Waals surface area contributed by atoms with Crippen LogP contribution < -0.4 is 24.4 Å². The quantitative estimate of drug-likeness (QED) is 0.378. The van der Waals surface area contributed by atoms with Crippen molar-refractivity contribution in [1.82, 2.24) is 5.32 Å². The van der Waals surface area contributed by atoms with E-state index in [1.165, 1.54) is 17.8 Å². The van der Waals surface area contributed by atoms with Gasteiger partial charge in [0, 0.05) is 29.1 Å². The largest absolute Gasteiger partial charge is 0.497 e. The highest BCUT2D eigenvalue weighted by molar-refractivity contribution is 7.10. The van der Waals surface area contributed by atoms with Gasteiger partial charge in [0.15, 0.2) is 0 Å². The monoisotopic (exact) mass is 522 g/mol. The van der Waals surface area contributed by atoms with Crippen molar-refractivity contribution in [3.8, 4) is 17.2 Å². The van der Waals surface area contributed by atoms with E-state index in [2.05, 4.69) is 5.32 Å². The van der Waals surface area contributed by atoms with Gasteiger partial charge in [-0.15, -0.1) is 11.3 Å². The molecular formula is C29H34N2O5S. The van der Waals surface area contributed by atoms with Gasteiger partial charge in [-0.05, 0) is 42.0 Å². The molecule has 0 saturated heterocycles. The van der Waals surface area contributed by atoms with Crippen LogP contribution in [0.1, 0.15) is 48.6 Å². The summed E-state index contributed by atoms with van der Waals surface area (Å²) in [6, 6.07) is 15.6. The topological polar surface area (TPSA) is 77.1 Å². The Labute approximate surface area is 222 Å². The predicted octanol–water partition coefficient (Wildman–Crippen LogP) is 5.54. The Kier molecular flexibility index (Phi) is 9.06. The molecule has 1 N–H and O–H groups in total. The van der Waals surface area contributed by atoms with Crippen LogP contribution in [0.2, 0.25) is 0 Å². The maximum absolute atomic E-state index is 14.0. The van der Waals surface area contributed by atoms with Crippen LogP contribution in [-0.4, -0.2) is 39.2 Å². The first-order valence-corrected chi connectivity index (χ1v) is 13.4. The first kappa shape index (κ1) is 26.5. The highest BCUT2D eigenvalue weighted by Crippen LogP contribution is 2.36. The molecule has 37 heavy (non-hydrogen) atoms. The number of hydrogen-bond acceptors (Lipinski definition) is 6. The van der Waals surface area contributed by atoms with E-state index in [9.17, 15) is 9.59 Å². The van der Waals surface area contributed by atoms with Gasteiger partial charge in [0.1, 0.15) is 23.3 Å². The molecule has 1 atom stereocenters. The van der Waals surface area contributed by atoms with Crippen LogP contribution in [0.15, 0.2) is 60.0 Å². The van der Waals surface area contributed by atoms with Crippen LogP contribution >= 0.6 is 11.3 Å². The van der Waals surface area contributed by atoms with Crippen molar-refractivity contribution >= 4 is 28.8 Å². The SMILES string of the molecule is COc1cccc(C(C(=O)NC2CCCCC2)N(C(=O)Cc2cccs2)c2cc(OC)cc(OC)c2)c1. The van der Waals surface area contributed by atoms with E-state index in [1.807, 2.05) is 41.8 Å². The van der Waals surface area contributed by atoms with Crippen molar-refractivity contribution in [2.24, 2.45) is 0 Å². The second-order valence-electron chi connectivity index (χ2n) is 9.11. The molecule has 4 rings (SSSR count). The lowest BCUT2D eigenvalue weighted by Crippen LogP contribution is -2.47. The predicted molar refractivity (Wildman–Crippen MR) is 146 cm³/mol. The second-order valence-corrected chi connectivity index (χ2v) is 10.1. The number of anilines is 1. The fourth-order valence-corrected chi connectivity index (χ4v) is 5.47. The molecule has 2 amide bonds. The Hall–Kier alpha value is -3.52. The number of thiophene rings is 1. The van der Waals surface area contributed by atoms with Gasteiger partial charge >= 0.3 is 0 Å². The molecule has 0 radical (unpaired) electrons. The minimum Gasteiger partial charge on any atom is -0.497 e. The third kappa shape index (κ3) is 6.63. The lowest BCUT2D eigenvalue weighted by atomic mass is 9.94. The van der Waals surface area contributed by atoms with Crippen LogP contribution in [0, 0.1) is 0 Å². The summed E-state index contributed by atoms with van der Waals surface area (Å²) in [7, 11) is 4.71. The van der Waals surface area contributed by atoms with Crippen molar-refractivity contribution in [3.05, 3.63) is 70.4 Å². The molecule has 1 aromatic heterocycles. The van der Waals surface area contributed by atoms with Crippen molar-refractivity contribution in [3.63, 3.8) is 0 Å². The van der Waals surface area contributed by atoms with Gasteiger partial charge in [0.05, 0.1) is 33.4 Å². The Morgan fingerprint density at radius 1 is 0.919 bits per heavy atom. The molecular weight excluding hydrogens is 488 g/mol. The van der Waals surface area contributed by atoms with Gasteiger partial charge < -0.3 is 19.5 Å². The van der Waals surface area contributed by atoms with Crippen molar-refractivity contribution < 1.29 is 23.8 Å². The molecule has 1 unspecified atom stereocenters. The third-order valence-corrected chi connectivity index (χ3v) is 7.53. The molecule has 1 aliphatic carbocycles. The zero-order valence-corrected chi connectivity index (χ0v) is 22.4. The molecule has 2 aromatic carbocycles. The molecule has 3 aromatic rings. The Morgan fingerprint density at radius 3 is 2.24 bits per heavy atom. The Balaban J connectivity index is 1.82. The summed E-state index contributed by atoms with van der Waals surface area (Å²) in [4.78, 5) is 30.5. The highest BCUT2D eigenvalue weighted by atomic mass is 32.1. The number of rotatable bonds is 10. The number of hydrogen-bond donors (Lipinski definition) is 1. The molecule has 1 fully saturated rings. The molecule has 196 valence electrons. The molecule has 0 bridgehead atoms. The second kappa shape index (κ2) is 12.6. The molecule has 0 aliphatic heterocycles. The summed E-state index contributed by atoms with van der Waals surface area (Å²) in [5.74, 6) is 1.24. The maximum atomic E-state index is 14.0. The molecule has 7 nitrogen and oxygen atoms in total. The van der Waals surface area contributed by atoms with E-state index in [0.29, 0.717) is 28.5 Å². The molecule has 1 saturated carbocycles. The minimum atomic E-state index is -0.915. The average Bonchev–Trinajstić information content (AvgIpc) is 3.44. The van der Waals surface area contributed by atoms with Crippen LogP contribution in [-0.2, 0) is 16.0 Å². The lowest BCUT2D eigenvalue weighted by Gasteiger charge is -2.34. The van der Waals surface area contributed by atoms with E-state index in [0.717, 1.165) is 30.6 Å². The highest BCUT2D eigenvalue weighted by Gasteiger charge is 2.35. The number of amides is 2. The Bertz CT molecular complexity index is 1170. The van der Waals surface area contributed by atoms with Crippen molar-refractivity contribution in [2.45, 2.75) is 50.6 Å². The number of nitrogens with one attached hydrogen (secondary N) is 1. The van der Waals surface area contributed by atoms with Gasteiger partial charge in [-0.2, -0.15) is 0 Å². The number of nitrogens with zero attached hydrogens (tertiary/aromatic N) is 1. The lowest BCUT2D eigenvalue weighted by molar-refractivity contribution is -0.127. The number of carbonyl (C=O) groups excluding carboxylic acids is 2. The smallest absolute Gasteiger partial charge is 0.248 e. The summed E-state index contributed by atoms with van der Waals surface area (Å²) in [6.45, 7) is 0. The molecule has 1 heterocycles. The van der Waals surface area contributed by atoms with Gasteiger partial charge in [-0.25, -0.2) is 0 Å². The van der Waals surface area contributed by atoms with E-state index in [1.54, 1.807) is 44.4 Å². The van der Waals surface area contributed by atoms with E-state index in [-0.39, 0.29) is 24.3 Å². The van der Waals surface area contributed by atoms with Crippen LogP contribution in [0.4, 0.5) is 5.69 Å². The normalized spacial score (nSPS) is 14.5. The summed E-state index contributed by atoms with van der Waals surface area (Å²) in [5.41, 5.74) is 1.18. The van der Waals surface area contributed by atoms with E-state index >= 15 is 0 Å². The zero-order chi connectivity index (χ0) is 26.2. The first-order chi connectivity index (χ1) is 18.0. The number of carbonyl (C=O) groups is 2. The van der Waals surface area contributed by atoms with Gasteiger partial charge in [0.25, 0.3) is 0 Å². The van der Waals surface area contributed by atoms with Gasteiger partial charge in [-0.1, -0.05) is 37.5 Å². The molecule has 8 heteroatoms. The van der Waals surface area contributed by atoms with E-state index < -0.39 is 6.04 Å². The Morgan fingerprint density at radius 2 is 1.62 bits per heavy atom. The summed E-state index contributed by atoms with van der Waals surface area (Å²) in [5, 5.41) is 5.18. The third-order valence-electron chi connectivity index (χ3n) is 6.66.